The molecule has 5 aromatic rings. The van der Waals surface area contributed by atoms with Crippen molar-refractivity contribution in [2.45, 2.75) is 20.0 Å². The topological polar surface area (TPSA) is 77.6 Å². The SMILES string of the molecule is CCn1cc(-c2cc(C(=O)Nc3cnn(Cc4ccc(Cl)cc4)c3)c3ccccc3n2)cn1. The van der Waals surface area contributed by atoms with Gasteiger partial charge in [0.2, 0.25) is 0 Å². The number of hydrogen-bond donors (Lipinski definition) is 1. The maximum atomic E-state index is 13.3. The molecule has 0 saturated carbocycles. The van der Waals surface area contributed by atoms with Crippen LogP contribution in [0.15, 0.2) is 79.4 Å². The molecule has 0 fully saturated rings. The Morgan fingerprint density at radius 2 is 1.79 bits per heavy atom. The van der Waals surface area contributed by atoms with E-state index in [1.807, 2.05) is 78.6 Å². The van der Waals surface area contributed by atoms with Crippen LogP contribution in [0.4, 0.5) is 5.69 Å². The number of amides is 1. The smallest absolute Gasteiger partial charge is 0.256 e. The second-order valence-electron chi connectivity index (χ2n) is 7.66. The van der Waals surface area contributed by atoms with Crippen LogP contribution in [0.2, 0.25) is 5.02 Å². The molecule has 1 N–H and O–H groups in total. The molecule has 7 nitrogen and oxygen atoms in total. The van der Waals surface area contributed by atoms with Gasteiger partial charge in [-0.15, -0.1) is 0 Å². The van der Waals surface area contributed by atoms with Gasteiger partial charge in [-0.05, 0) is 36.8 Å². The van der Waals surface area contributed by atoms with E-state index >= 15 is 0 Å². The number of nitrogens with one attached hydrogen (secondary N) is 1. The quantitative estimate of drug-likeness (QED) is 0.377. The van der Waals surface area contributed by atoms with E-state index < -0.39 is 0 Å². The van der Waals surface area contributed by atoms with Crippen LogP contribution in [-0.2, 0) is 13.1 Å². The van der Waals surface area contributed by atoms with E-state index in [1.54, 1.807) is 17.1 Å². The van der Waals surface area contributed by atoms with Gasteiger partial charge >= 0.3 is 0 Å². The van der Waals surface area contributed by atoms with Crippen LogP contribution in [0.5, 0.6) is 0 Å². The molecule has 0 bridgehead atoms. The van der Waals surface area contributed by atoms with Crippen LogP contribution in [0.3, 0.4) is 0 Å². The molecule has 3 aromatic heterocycles. The summed E-state index contributed by atoms with van der Waals surface area (Å²) in [5.74, 6) is -0.219. The fourth-order valence-electron chi connectivity index (χ4n) is 3.67. The third-order valence-electron chi connectivity index (χ3n) is 5.36. The van der Waals surface area contributed by atoms with Crippen LogP contribution in [-0.4, -0.2) is 30.5 Å². The Balaban J connectivity index is 1.42. The predicted octanol–water partition coefficient (Wildman–Crippen LogP) is 5.27. The number of hydrogen-bond acceptors (Lipinski definition) is 4. The summed E-state index contributed by atoms with van der Waals surface area (Å²) in [7, 11) is 0. The molecule has 3 heterocycles. The minimum Gasteiger partial charge on any atom is -0.319 e. The molecule has 1 amide bonds. The number of carbonyl (C=O) groups is 1. The van der Waals surface area contributed by atoms with Crippen LogP contribution in [0.25, 0.3) is 22.2 Å². The summed E-state index contributed by atoms with van der Waals surface area (Å²) in [6, 6.07) is 17.0. The van der Waals surface area contributed by atoms with Gasteiger partial charge in [-0.25, -0.2) is 4.98 Å². The number of pyridine rings is 1. The molecule has 33 heavy (non-hydrogen) atoms. The summed E-state index contributed by atoms with van der Waals surface area (Å²) in [5.41, 5.74) is 4.56. The van der Waals surface area contributed by atoms with E-state index in [-0.39, 0.29) is 5.91 Å². The average Bonchev–Trinajstić information content (AvgIpc) is 3.49. The number of fused-ring (bicyclic) bond motifs is 1. The first-order valence-electron chi connectivity index (χ1n) is 10.6. The van der Waals surface area contributed by atoms with Crippen molar-refractivity contribution in [3.63, 3.8) is 0 Å². The van der Waals surface area contributed by atoms with E-state index in [9.17, 15) is 4.79 Å². The van der Waals surface area contributed by atoms with Crippen LogP contribution in [0, 0.1) is 0 Å². The van der Waals surface area contributed by atoms with E-state index in [4.69, 9.17) is 16.6 Å². The Kier molecular flexibility index (Phi) is 5.62. The van der Waals surface area contributed by atoms with Crippen molar-refractivity contribution in [1.82, 2.24) is 24.5 Å². The Morgan fingerprint density at radius 1 is 1.00 bits per heavy atom. The minimum atomic E-state index is -0.219. The Hall–Kier alpha value is -3.97. The van der Waals surface area contributed by atoms with Crippen molar-refractivity contribution in [3.8, 4) is 11.3 Å². The maximum absolute atomic E-state index is 13.3. The van der Waals surface area contributed by atoms with Gasteiger partial charge in [0.05, 0.1) is 41.4 Å². The Labute approximate surface area is 195 Å². The summed E-state index contributed by atoms with van der Waals surface area (Å²) < 4.78 is 3.61. The molecule has 0 aliphatic carbocycles. The summed E-state index contributed by atoms with van der Waals surface area (Å²) >= 11 is 5.96. The third-order valence-corrected chi connectivity index (χ3v) is 5.61. The van der Waals surface area contributed by atoms with Gasteiger partial charge in [0, 0.05) is 34.9 Å². The van der Waals surface area contributed by atoms with Gasteiger partial charge in [-0.2, -0.15) is 10.2 Å². The van der Waals surface area contributed by atoms with Gasteiger partial charge in [0.25, 0.3) is 5.91 Å². The first-order valence-corrected chi connectivity index (χ1v) is 11.0. The van der Waals surface area contributed by atoms with Gasteiger partial charge in [-0.3, -0.25) is 14.2 Å². The maximum Gasteiger partial charge on any atom is 0.256 e. The van der Waals surface area contributed by atoms with Crippen molar-refractivity contribution in [1.29, 1.82) is 0 Å². The predicted molar refractivity (Wildman–Crippen MR) is 129 cm³/mol. The summed E-state index contributed by atoms with van der Waals surface area (Å²) in [6.07, 6.45) is 7.15. The minimum absolute atomic E-state index is 0.219. The molecule has 0 aliphatic heterocycles. The molecule has 164 valence electrons. The lowest BCUT2D eigenvalue weighted by molar-refractivity contribution is 0.102. The zero-order valence-corrected chi connectivity index (χ0v) is 18.7. The molecule has 5 rings (SSSR count). The average molecular weight is 457 g/mol. The molecular formula is C25H21ClN6O. The number of rotatable bonds is 6. The highest BCUT2D eigenvalue weighted by Gasteiger charge is 2.16. The van der Waals surface area contributed by atoms with Gasteiger partial charge < -0.3 is 5.32 Å². The first-order chi connectivity index (χ1) is 16.1. The fraction of sp³-hybridized carbons (Fsp3) is 0.120. The number of benzene rings is 2. The standard InChI is InChI=1S/C25H21ClN6O/c1-2-31-15-18(12-27-31)24-11-22(21-5-3-4-6-23(21)30-24)25(33)29-20-13-28-32(16-20)14-17-7-9-19(26)10-8-17/h3-13,15-16H,2,14H2,1H3,(H,29,33). The van der Waals surface area contributed by atoms with Crippen molar-refractivity contribution in [2.24, 2.45) is 0 Å². The second-order valence-corrected chi connectivity index (χ2v) is 8.10. The molecule has 0 unspecified atom stereocenters. The fourth-order valence-corrected chi connectivity index (χ4v) is 3.80. The number of aryl methyl sites for hydroxylation is 1. The van der Waals surface area contributed by atoms with Crippen molar-refractivity contribution in [3.05, 3.63) is 95.5 Å². The number of carbonyl (C=O) groups excluding carboxylic acids is 1. The lowest BCUT2D eigenvalue weighted by Gasteiger charge is -2.09. The molecular weight excluding hydrogens is 436 g/mol. The van der Waals surface area contributed by atoms with Gasteiger partial charge in [-0.1, -0.05) is 41.9 Å². The number of aromatic nitrogens is 5. The number of nitrogens with zero attached hydrogens (tertiary/aromatic N) is 5. The molecule has 2 aromatic carbocycles. The van der Waals surface area contributed by atoms with Crippen LogP contribution >= 0.6 is 11.6 Å². The Morgan fingerprint density at radius 3 is 2.58 bits per heavy atom. The number of para-hydroxylation sites is 1. The molecule has 0 radical (unpaired) electrons. The third kappa shape index (κ3) is 4.49. The van der Waals surface area contributed by atoms with Gasteiger partial charge in [0.15, 0.2) is 0 Å². The highest BCUT2D eigenvalue weighted by atomic mass is 35.5. The molecule has 0 atom stereocenters. The second kappa shape index (κ2) is 8.88. The monoisotopic (exact) mass is 456 g/mol. The lowest BCUT2D eigenvalue weighted by atomic mass is 10.0. The lowest BCUT2D eigenvalue weighted by Crippen LogP contribution is -2.12. The van der Waals surface area contributed by atoms with E-state index in [0.29, 0.717) is 28.5 Å². The normalized spacial score (nSPS) is 11.1. The van der Waals surface area contributed by atoms with E-state index in [1.165, 1.54) is 0 Å². The Bertz CT molecular complexity index is 1440. The van der Waals surface area contributed by atoms with E-state index in [0.717, 1.165) is 28.6 Å². The first kappa shape index (κ1) is 20.9. The van der Waals surface area contributed by atoms with Crippen molar-refractivity contribution >= 4 is 34.1 Å². The summed E-state index contributed by atoms with van der Waals surface area (Å²) in [4.78, 5) is 18.0. The molecule has 0 aliphatic rings. The molecule has 8 heteroatoms. The summed E-state index contributed by atoms with van der Waals surface area (Å²) in [5, 5.41) is 13.1. The van der Waals surface area contributed by atoms with Crippen molar-refractivity contribution in [2.75, 3.05) is 5.32 Å². The zero-order valence-electron chi connectivity index (χ0n) is 17.9. The largest absolute Gasteiger partial charge is 0.319 e. The summed E-state index contributed by atoms with van der Waals surface area (Å²) in [6.45, 7) is 3.37. The zero-order chi connectivity index (χ0) is 22.8. The van der Waals surface area contributed by atoms with Crippen LogP contribution in [0.1, 0.15) is 22.8 Å². The molecule has 0 spiro atoms. The number of halogens is 1. The van der Waals surface area contributed by atoms with Crippen LogP contribution < -0.4 is 5.32 Å². The van der Waals surface area contributed by atoms with E-state index in [2.05, 4.69) is 15.5 Å². The molecule has 0 saturated heterocycles. The van der Waals surface area contributed by atoms with Crippen molar-refractivity contribution < 1.29 is 4.79 Å². The highest BCUT2D eigenvalue weighted by Crippen LogP contribution is 2.25. The van der Waals surface area contributed by atoms with Gasteiger partial charge in [0.1, 0.15) is 0 Å². The highest BCUT2D eigenvalue weighted by molar-refractivity contribution is 6.30. The number of anilines is 1.